The maximum atomic E-state index is 13.5. The molecule has 0 fully saturated rings. The van der Waals surface area contributed by atoms with E-state index in [1.165, 1.54) is 6.07 Å². The van der Waals surface area contributed by atoms with Crippen LogP contribution in [0.25, 0.3) is 0 Å². The molecule has 0 radical (unpaired) electrons. The molecule has 0 heterocycles. The second kappa shape index (κ2) is 8.62. The predicted molar refractivity (Wildman–Crippen MR) is 78.2 cm³/mol. The van der Waals surface area contributed by atoms with Crippen molar-refractivity contribution in [2.45, 2.75) is 26.8 Å². The Morgan fingerprint density at radius 2 is 2.00 bits per heavy atom. The highest BCUT2D eigenvalue weighted by Crippen LogP contribution is 2.14. The average molecular weight is 317 g/mol. The lowest BCUT2D eigenvalue weighted by atomic mass is 10.2. The van der Waals surface area contributed by atoms with E-state index in [1.807, 2.05) is 12.1 Å². The van der Waals surface area contributed by atoms with Gasteiger partial charge in [0.2, 0.25) is 0 Å². The first-order chi connectivity index (χ1) is 8.67. The molecule has 1 aromatic rings. The smallest absolute Gasteiger partial charge is 0.128 e. The van der Waals surface area contributed by atoms with Crippen molar-refractivity contribution < 1.29 is 4.39 Å². The van der Waals surface area contributed by atoms with Crippen LogP contribution in [0.5, 0.6) is 0 Å². The molecule has 102 valence electrons. The number of hydrogen-bond donors (Lipinski definition) is 1. The predicted octanol–water partition coefficient (Wildman–Crippen LogP) is 3.41. The summed E-state index contributed by atoms with van der Waals surface area (Å²) in [5.74, 6) is -0.152. The second-order valence-corrected chi connectivity index (χ2v) is 5.21. The van der Waals surface area contributed by atoms with Gasteiger partial charge in [-0.05, 0) is 44.7 Å². The van der Waals surface area contributed by atoms with Crippen LogP contribution < -0.4 is 5.32 Å². The van der Waals surface area contributed by atoms with Gasteiger partial charge in [0.25, 0.3) is 0 Å². The van der Waals surface area contributed by atoms with Crippen molar-refractivity contribution in [1.82, 2.24) is 10.2 Å². The number of halogens is 2. The van der Waals surface area contributed by atoms with Gasteiger partial charge in [-0.25, -0.2) is 4.39 Å². The molecule has 1 N–H and O–H groups in total. The van der Waals surface area contributed by atoms with Crippen molar-refractivity contribution in [1.29, 1.82) is 0 Å². The molecule has 0 bridgehead atoms. The van der Waals surface area contributed by atoms with Gasteiger partial charge in [-0.2, -0.15) is 0 Å². The second-order valence-electron chi connectivity index (χ2n) is 4.29. The van der Waals surface area contributed by atoms with Gasteiger partial charge in [0.1, 0.15) is 5.82 Å². The summed E-state index contributed by atoms with van der Waals surface area (Å²) in [4.78, 5) is 2.39. The Morgan fingerprint density at radius 3 is 2.61 bits per heavy atom. The van der Waals surface area contributed by atoms with Gasteiger partial charge in [-0.1, -0.05) is 35.8 Å². The lowest BCUT2D eigenvalue weighted by Gasteiger charge is -2.17. The highest BCUT2D eigenvalue weighted by Gasteiger charge is 2.02. The van der Waals surface area contributed by atoms with Crippen molar-refractivity contribution in [3.63, 3.8) is 0 Å². The SMILES string of the molecule is CCN(CC)CCCNCc1ccc(Br)cc1F. The third-order valence-electron chi connectivity index (χ3n) is 3.05. The molecule has 1 rings (SSSR count). The topological polar surface area (TPSA) is 15.3 Å². The Kier molecular flexibility index (Phi) is 7.47. The van der Waals surface area contributed by atoms with Gasteiger partial charge < -0.3 is 10.2 Å². The highest BCUT2D eigenvalue weighted by molar-refractivity contribution is 9.10. The first-order valence-corrected chi connectivity index (χ1v) is 7.33. The molecule has 0 aliphatic carbocycles. The van der Waals surface area contributed by atoms with Gasteiger partial charge in [-0.15, -0.1) is 0 Å². The Labute approximate surface area is 118 Å². The van der Waals surface area contributed by atoms with Gasteiger partial charge in [0.15, 0.2) is 0 Å². The summed E-state index contributed by atoms with van der Waals surface area (Å²) in [6.07, 6.45) is 1.10. The highest BCUT2D eigenvalue weighted by atomic mass is 79.9. The van der Waals surface area contributed by atoms with Crippen molar-refractivity contribution in [2.75, 3.05) is 26.2 Å². The minimum Gasteiger partial charge on any atom is -0.313 e. The molecule has 0 atom stereocenters. The van der Waals surface area contributed by atoms with Crippen LogP contribution >= 0.6 is 15.9 Å². The third kappa shape index (κ3) is 5.46. The van der Waals surface area contributed by atoms with E-state index in [-0.39, 0.29) is 5.82 Å². The Hall–Kier alpha value is -0.450. The zero-order valence-electron chi connectivity index (χ0n) is 11.2. The average Bonchev–Trinajstić information content (AvgIpc) is 2.36. The standard InChI is InChI=1S/C14H22BrFN2/c1-3-18(4-2)9-5-8-17-11-12-6-7-13(15)10-14(12)16/h6-7,10,17H,3-5,8-9,11H2,1-2H3. The maximum Gasteiger partial charge on any atom is 0.128 e. The fraction of sp³-hybridized carbons (Fsp3) is 0.571. The molecule has 1 aromatic carbocycles. The Morgan fingerprint density at radius 1 is 1.28 bits per heavy atom. The van der Waals surface area contributed by atoms with Crippen LogP contribution in [-0.2, 0) is 6.54 Å². The number of hydrogen-bond acceptors (Lipinski definition) is 2. The molecule has 0 saturated carbocycles. The summed E-state index contributed by atoms with van der Waals surface area (Å²) < 4.78 is 14.3. The summed E-state index contributed by atoms with van der Waals surface area (Å²) in [5, 5.41) is 3.28. The fourth-order valence-corrected chi connectivity index (χ4v) is 2.19. The van der Waals surface area contributed by atoms with Crippen LogP contribution in [0.1, 0.15) is 25.8 Å². The van der Waals surface area contributed by atoms with E-state index in [4.69, 9.17) is 0 Å². The zero-order valence-corrected chi connectivity index (χ0v) is 12.8. The van der Waals surface area contributed by atoms with E-state index in [0.29, 0.717) is 6.54 Å². The van der Waals surface area contributed by atoms with Crippen molar-refractivity contribution in [2.24, 2.45) is 0 Å². The van der Waals surface area contributed by atoms with Gasteiger partial charge in [0, 0.05) is 16.6 Å². The van der Waals surface area contributed by atoms with Gasteiger partial charge >= 0.3 is 0 Å². The normalized spacial score (nSPS) is 11.2. The number of rotatable bonds is 8. The molecule has 0 amide bonds. The molecule has 0 spiro atoms. The van der Waals surface area contributed by atoms with E-state index in [0.717, 1.165) is 42.6 Å². The molecule has 0 unspecified atom stereocenters. The molecule has 0 saturated heterocycles. The summed E-state index contributed by atoms with van der Waals surface area (Å²) in [6, 6.07) is 5.19. The first-order valence-electron chi connectivity index (χ1n) is 6.54. The van der Waals surface area contributed by atoms with E-state index < -0.39 is 0 Å². The summed E-state index contributed by atoms with van der Waals surface area (Å²) in [7, 11) is 0. The minimum atomic E-state index is -0.152. The third-order valence-corrected chi connectivity index (χ3v) is 3.55. The maximum absolute atomic E-state index is 13.5. The van der Waals surface area contributed by atoms with Crippen molar-refractivity contribution >= 4 is 15.9 Å². The monoisotopic (exact) mass is 316 g/mol. The molecule has 2 nitrogen and oxygen atoms in total. The minimum absolute atomic E-state index is 0.152. The molecule has 0 aliphatic rings. The molecular weight excluding hydrogens is 295 g/mol. The zero-order chi connectivity index (χ0) is 13.4. The summed E-state index contributed by atoms with van der Waals surface area (Å²) >= 11 is 3.26. The van der Waals surface area contributed by atoms with Crippen LogP contribution in [0, 0.1) is 5.82 Å². The quantitative estimate of drug-likeness (QED) is 0.739. The molecule has 18 heavy (non-hydrogen) atoms. The Balaban J connectivity index is 2.21. The number of nitrogens with one attached hydrogen (secondary N) is 1. The van der Waals surface area contributed by atoms with Crippen LogP contribution in [0.4, 0.5) is 4.39 Å². The summed E-state index contributed by atoms with van der Waals surface area (Å²) in [5.41, 5.74) is 0.723. The molecule has 4 heteroatoms. The van der Waals surface area contributed by atoms with Crippen LogP contribution in [0.15, 0.2) is 22.7 Å². The van der Waals surface area contributed by atoms with Crippen LogP contribution in [0.2, 0.25) is 0 Å². The van der Waals surface area contributed by atoms with E-state index >= 15 is 0 Å². The van der Waals surface area contributed by atoms with Gasteiger partial charge in [0.05, 0.1) is 0 Å². The molecular formula is C14H22BrFN2. The lowest BCUT2D eigenvalue weighted by Crippen LogP contribution is -2.27. The number of benzene rings is 1. The van der Waals surface area contributed by atoms with Crippen molar-refractivity contribution in [3.8, 4) is 0 Å². The van der Waals surface area contributed by atoms with E-state index in [2.05, 4.69) is 40.0 Å². The van der Waals surface area contributed by atoms with Crippen LogP contribution in [-0.4, -0.2) is 31.1 Å². The van der Waals surface area contributed by atoms with Crippen LogP contribution in [0.3, 0.4) is 0 Å². The molecule has 0 aromatic heterocycles. The first kappa shape index (κ1) is 15.6. The van der Waals surface area contributed by atoms with E-state index in [1.54, 1.807) is 0 Å². The van der Waals surface area contributed by atoms with Gasteiger partial charge in [-0.3, -0.25) is 0 Å². The number of nitrogens with zero attached hydrogens (tertiary/aromatic N) is 1. The molecule has 0 aliphatic heterocycles. The Bertz CT molecular complexity index is 354. The summed E-state index contributed by atoms with van der Waals surface area (Å²) in [6.45, 7) is 9.16. The van der Waals surface area contributed by atoms with E-state index in [9.17, 15) is 4.39 Å². The van der Waals surface area contributed by atoms with Crippen molar-refractivity contribution in [3.05, 3.63) is 34.1 Å². The largest absolute Gasteiger partial charge is 0.313 e. The fourth-order valence-electron chi connectivity index (χ4n) is 1.86. The lowest BCUT2D eigenvalue weighted by molar-refractivity contribution is 0.298.